The van der Waals surface area contributed by atoms with E-state index in [2.05, 4.69) is 32.4 Å². The van der Waals surface area contributed by atoms with Crippen molar-refractivity contribution in [3.05, 3.63) is 47.5 Å². The van der Waals surface area contributed by atoms with Gasteiger partial charge in [-0.05, 0) is 82.9 Å². The zero-order chi connectivity index (χ0) is 28.5. The molecule has 2 saturated carbocycles. The normalized spacial score (nSPS) is 19.9. The number of hydrogen-bond acceptors (Lipinski definition) is 7. The molecule has 1 saturated heterocycles. The molecule has 0 radical (unpaired) electrons. The Morgan fingerprint density at radius 1 is 1.12 bits per heavy atom. The van der Waals surface area contributed by atoms with Crippen molar-refractivity contribution >= 4 is 33.8 Å². The quantitative estimate of drug-likeness (QED) is 0.350. The van der Waals surface area contributed by atoms with Crippen LogP contribution in [0.25, 0.3) is 21.9 Å². The largest absolute Gasteiger partial charge is 0.444 e. The van der Waals surface area contributed by atoms with Crippen LogP contribution in [-0.4, -0.2) is 59.1 Å². The van der Waals surface area contributed by atoms with Gasteiger partial charge in [0.15, 0.2) is 0 Å². The molecule has 7 rings (SSSR count). The molecular formula is C31H35N7O3. The summed E-state index contributed by atoms with van der Waals surface area (Å²) in [4.78, 5) is 23.5. The molecule has 41 heavy (non-hydrogen) atoms. The number of nitrogen functional groups attached to an aromatic ring is 1. The lowest BCUT2D eigenvalue weighted by Gasteiger charge is -2.24. The third-order valence-corrected chi connectivity index (χ3v) is 8.17. The second-order valence-electron chi connectivity index (χ2n) is 12.6. The fourth-order valence-electron chi connectivity index (χ4n) is 5.77. The van der Waals surface area contributed by atoms with E-state index in [1.165, 1.54) is 12.8 Å². The zero-order valence-electron chi connectivity index (χ0n) is 23.7. The van der Waals surface area contributed by atoms with E-state index in [9.17, 15) is 9.90 Å². The summed E-state index contributed by atoms with van der Waals surface area (Å²) in [5, 5.41) is 16.8. The Morgan fingerprint density at radius 2 is 1.93 bits per heavy atom. The molecule has 0 unspecified atom stereocenters. The first-order valence-corrected chi connectivity index (χ1v) is 14.5. The second kappa shape index (κ2) is 9.48. The first kappa shape index (κ1) is 25.8. The fourth-order valence-corrected chi connectivity index (χ4v) is 5.77. The van der Waals surface area contributed by atoms with Crippen LogP contribution in [0.4, 0.5) is 10.6 Å². The molecule has 0 spiro atoms. The Hall–Kier alpha value is -4.10. The molecule has 1 amide bonds. The lowest BCUT2D eigenvalue weighted by atomic mass is 10.0. The standard InChI is InChI=1S/C31H35N7O3/c1-31(2,3)41-30(40)36-13-12-21(16-36)38-27-22(28(39)19-6-7-19)15-33-29(32)26(27)23(35-38)10-4-18-5-11-25-24(14-18)34-17-37(25)20-8-9-20/h5,11,14-15,17,19-21,28,39H,6-9,12-13,16H2,1-3H3,(H2,32,33)/t21-,28-/m0/s1. The highest BCUT2D eigenvalue weighted by Gasteiger charge is 2.37. The number of fused-ring (bicyclic) bond motifs is 2. The van der Waals surface area contributed by atoms with Gasteiger partial charge in [0.2, 0.25) is 0 Å². The van der Waals surface area contributed by atoms with Gasteiger partial charge in [0.25, 0.3) is 0 Å². The predicted molar refractivity (Wildman–Crippen MR) is 155 cm³/mol. The van der Waals surface area contributed by atoms with Crippen molar-refractivity contribution < 1.29 is 14.6 Å². The van der Waals surface area contributed by atoms with Crippen molar-refractivity contribution in [2.75, 3.05) is 18.8 Å². The number of pyridine rings is 1. The highest BCUT2D eigenvalue weighted by Crippen LogP contribution is 2.44. The van der Waals surface area contributed by atoms with Crippen LogP contribution in [0.2, 0.25) is 0 Å². The van der Waals surface area contributed by atoms with Gasteiger partial charge in [-0.15, -0.1) is 0 Å². The summed E-state index contributed by atoms with van der Waals surface area (Å²) in [6.07, 6.45) is 7.63. The summed E-state index contributed by atoms with van der Waals surface area (Å²) < 4.78 is 9.76. The molecule has 212 valence electrons. The first-order valence-electron chi connectivity index (χ1n) is 14.5. The molecule has 2 atom stereocenters. The van der Waals surface area contributed by atoms with Crippen molar-refractivity contribution in [1.82, 2.24) is 29.2 Å². The summed E-state index contributed by atoms with van der Waals surface area (Å²) in [5.74, 6) is 7.03. The van der Waals surface area contributed by atoms with Crippen LogP contribution in [0, 0.1) is 17.8 Å². The number of rotatable bonds is 4. The average Bonchev–Trinajstić information content (AvgIpc) is 3.83. The summed E-state index contributed by atoms with van der Waals surface area (Å²) in [5.41, 5.74) is 10.7. The number of carbonyl (C=O) groups excluding carboxylic acids is 1. The first-order chi connectivity index (χ1) is 19.7. The third kappa shape index (κ3) is 4.88. The maximum atomic E-state index is 12.8. The van der Waals surface area contributed by atoms with Gasteiger partial charge < -0.3 is 25.0 Å². The van der Waals surface area contributed by atoms with E-state index in [0.29, 0.717) is 48.0 Å². The molecule has 10 nitrogen and oxygen atoms in total. The number of nitrogens with zero attached hydrogens (tertiary/aromatic N) is 6. The van der Waals surface area contributed by atoms with Crippen molar-refractivity contribution in [2.45, 2.75) is 76.7 Å². The number of aliphatic hydroxyl groups is 1. The third-order valence-electron chi connectivity index (χ3n) is 8.17. The van der Waals surface area contributed by atoms with Gasteiger partial charge >= 0.3 is 6.09 Å². The topological polar surface area (TPSA) is 124 Å². The minimum atomic E-state index is -0.658. The van der Waals surface area contributed by atoms with Crippen LogP contribution in [0.1, 0.15) is 87.9 Å². The lowest BCUT2D eigenvalue weighted by molar-refractivity contribution is 0.0288. The van der Waals surface area contributed by atoms with E-state index in [1.54, 1.807) is 11.1 Å². The van der Waals surface area contributed by atoms with Gasteiger partial charge in [0, 0.05) is 36.5 Å². The number of carbonyl (C=O) groups is 1. The summed E-state index contributed by atoms with van der Waals surface area (Å²) in [6, 6.07) is 6.53. The summed E-state index contributed by atoms with van der Waals surface area (Å²) in [6.45, 7) is 6.59. The zero-order valence-corrected chi connectivity index (χ0v) is 23.7. The van der Waals surface area contributed by atoms with E-state index in [4.69, 9.17) is 15.6 Å². The number of aliphatic hydroxyl groups excluding tert-OH is 1. The molecule has 10 heteroatoms. The van der Waals surface area contributed by atoms with E-state index in [1.807, 2.05) is 43.9 Å². The molecule has 3 aliphatic rings. The number of hydrogen-bond donors (Lipinski definition) is 2. The number of amides is 1. The van der Waals surface area contributed by atoms with E-state index in [-0.39, 0.29) is 18.1 Å². The fraction of sp³-hybridized carbons (Fsp3) is 0.484. The Labute approximate surface area is 238 Å². The van der Waals surface area contributed by atoms with Crippen LogP contribution >= 0.6 is 0 Å². The van der Waals surface area contributed by atoms with Crippen LogP contribution in [0.3, 0.4) is 0 Å². The molecule has 3 N–H and O–H groups in total. The van der Waals surface area contributed by atoms with Crippen molar-refractivity contribution in [3.63, 3.8) is 0 Å². The number of ether oxygens (including phenoxy) is 1. The van der Waals surface area contributed by atoms with Gasteiger partial charge in [0.05, 0.1) is 40.4 Å². The van der Waals surface area contributed by atoms with Crippen molar-refractivity contribution in [1.29, 1.82) is 0 Å². The number of aromatic nitrogens is 5. The molecule has 2 aliphatic carbocycles. The smallest absolute Gasteiger partial charge is 0.410 e. The van der Waals surface area contributed by atoms with Crippen molar-refractivity contribution in [2.24, 2.45) is 5.92 Å². The SMILES string of the molecule is CC(C)(C)OC(=O)N1CC[C@H](n2nc(C#Cc3ccc4c(c3)ncn4C3CC3)c3c(N)ncc([C@@H](O)C4CC4)c32)C1. The van der Waals surface area contributed by atoms with Gasteiger partial charge in [-0.1, -0.05) is 5.92 Å². The van der Waals surface area contributed by atoms with E-state index in [0.717, 1.165) is 35.0 Å². The van der Waals surface area contributed by atoms with Crippen LogP contribution in [0.5, 0.6) is 0 Å². The maximum Gasteiger partial charge on any atom is 0.410 e. The van der Waals surface area contributed by atoms with Crippen LogP contribution in [0.15, 0.2) is 30.7 Å². The second-order valence-corrected chi connectivity index (χ2v) is 12.6. The molecule has 1 aromatic carbocycles. The molecular weight excluding hydrogens is 518 g/mol. The number of nitrogens with two attached hydrogens (primary N) is 1. The predicted octanol–water partition coefficient (Wildman–Crippen LogP) is 4.72. The number of benzene rings is 1. The highest BCUT2D eigenvalue weighted by molar-refractivity contribution is 5.95. The van der Waals surface area contributed by atoms with E-state index >= 15 is 0 Å². The monoisotopic (exact) mass is 553 g/mol. The average molecular weight is 554 g/mol. The lowest BCUT2D eigenvalue weighted by Crippen LogP contribution is -2.35. The molecule has 0 bridgehead atoms. The minimum Gasteiger partial charge on any atom is -0.444 e. The molecule has 3 fully saturated rings. The molecule has 4 heterocycles. The van der Waals surface area contributed by atoms with E-state index < -0.39 is 11.7 Å². The highest BCUT2D eigenvalue weighted by atomic mass is 16.6. The Balaban J connectivity index is 1.27. The number of anilines is 1. The summed E-state index contributed by atoms with van der Waals surface area (Å²) in [7, 11) is 0. The molecule has 3 aromatic heterocycles. The maximum absolute atomic E-state index is 12.8. The van der Waals surface area contributed by atoms with Crippen LogP contribution < -0.4 is 5.73 Å². The number of imidazole rings is 1. The number of likely N-dealkylation sites (tertiary alicyclic amines) is 1. The van der Waals surface area contributed by atoms with Crippen LogP contribution in [-0.2, 0) is 4.74 Å². The summed E-state index contributed by atoms with van der Waals surface area (Å²) >= 11 is 0. The van der Waals surface area contributed by atoms with Gasteiger partial charge in [-0.3, -0.25) is 4.68 Å². The molecule has 1 aliphatic heterocycles. The Bertz CT molecular complexity index is 1730. The Morgan fingerprint density at radius 3 is 2.66 bits per heavy atom. The van der Waals surface area contributed by atoms with Gasteiger partial charge in [0.1, 0.15) is 17.1 Å². The Kier molecular flexibility index (Phi) is 5.98. The van der Waals surface area contributed by atoms with Gasteiger partial charge in [-0.2, -0.15) is 5.10 Å². The van der Waals surface area contributed by atoms with Crippen molar-refractivity contribution in [3.8, 4) is 11.8 Å². The minimum absolute atomic E-state index is 0.115. The molecule has 4 aromatic rings. The van der Waals surface area contributed by atoms with Gasteiger partial charge in [-0.25, -0.2) is 14.8 Å².